The number of nitrogen functional groups attached to an aromatic ring is 1. The predicted molar refractivity (Wildman–Crippen MR) is 263 cm³/mol. The minimum absolute atomic E-state index is 0.0551. The molecular weight excluding hydrogens is 968 g/mol. The van der Waals surface area contributed by atoms with Gasteiger partial charge in [-0.1, -0.05) is 121 Å². The molecule has 1 saturated heterocycles. The molecule has 71 heavy (non-hydrogen) atoms. The fraction of sp³-hybridized carbons (Fsp3) is 0.750. The second-order valence-corrected chi connectivity index (χ2v) is 21.3. The first-order chi connectivity index (χ1) is 33.9. The fourth-order valence-electron chi connectivity index (χ4n) is 8.21. The molecule has 12 atom stereocenters. The van der Waals surface area contributed by atoms with Crippen LogP contribution in [0.1, 0.15) is 155 Å². The van der Waals surface area contributed by atoms with E-state index in [1.54, 1.807) is 0 Å². The lowest BCUT2D eigenvalue weighted by Gasteiger charge is -2.40. The molecule has 1 aromatic heterocycles. The summed E-state index contributed by atoms with van der Waals surface area (Å²) >= 11 is 0. The van der Waals surface area contributed by atoms with Gasteiger partial charge in [0.2, 0.25) is 0 Å². The number of aromatic nitrogens is 2. The van der Waals surface area contributed by atoms with Crippen molar-refractivity contribution in [2.24, 2.45) is 11.8 Å². The van der Waals surface area contributed by atoms with Gasteiger partial charge >= 0.3 is 33.3 Å². The number of esters is 2. The van der Waals surface area contributed by atoms with Crippen molar-refractivity contribution in [1.29, 1.82) is 0 Å². The number of unbranched alkanes of at least 4 members (excludes halogenated alkanes) is 13. The molecule has 2 bridgehead atoms. The molecule has 0 amide bonds. The highest BCUT2D eigenvalue weighted by atomic mass is 31.3. The van der Waals surface area contributed by atoms with Gasteiger partial charge in [-0.15, -0.1) is 0 Å². The summed E-state index contributed by atoms with van der Waals surface area (Å²) in [4.78, 5) is 64.1. The van der Waals surface area contributed by atoms with Gasteiger partial charge < -0.3 is 55.3 Å². The number of nitrogens with two attached hydrogens (primary N) is 1. The summed E-state index contributed by atoms with van der Waals surface area (Å²) in [5.74, 6) is -4.42. The van der Waals surface area contributed by atoms with Crippen LogP contribution in [0.15, 0.2) is 53.5 Å². The number of rotatable bonds is 24. The summed E-state index contributed by atoms with van der Waals surface area (Å²) < 4.78 is 58.5. The van der Waals surface area contributed by atoms with Crippen LogP contribution in [-0.4, -0.2) is 119 Å². The van der Waals surface area contributed by atoms with E-state index < -0.39 is 127 Å². The summed E-state index contributed by atoms with van der Waals surface area (Å²) in [6, 6.07) is 1.22. The highest BCUT2D eigenvalue weighted by Gasteiger charge is 2.45. The number of allylic oxidation sites excluding steroid dienone is 3. The Labute approximate surface area is 417 Å². The van der Waals surface area contributed by atoms with E-state index in [-0.39, 0.29) is 18.7 Å². The zero-order chi connectivity index (χ0) is 52.2. The molecule has 0 saturated carbocycles. The zero-order valence-corrected chi connectivity index (χ0v) is 43.1. The van der Waals surface area contributed by atoms with Crippen molar-refractivity contribution in [1.82, 2.24) is 9.55 Å². The van der Waals surface area contributed by atoms with Crippen LogP contribution in [0.5, 0.6) is 0 Å². The van der Waals surface area contributed by atoms with E-state index in [0.29, 0.717) is 19.3 Å². The molecular formula is C48H81N3O18P2. The van der Waals surface area contributed by atoms with E-state index in [0.717, 1.165) is 75.0 Å². The molecule has 0 radical (unpaired) electrons. The van der Waals surface area contributed by atoms with Crippen LogP contribution in [0, 0.1) is 11.8 Å². The first kappa shape index (κ1) is 62.2. The third kappa shape index (κ3) is 24.6. The first-order valence-electron chi connectivity index (χ1n) is 25.3. The fourth-order valence-corrected chi connectivity index (χ4v) is 10.3. The largest absolute Gasteiger partial charge is 0.481 e. The van der Waals surface area contributed by atoms with Gasteiger partial charge in [-0.25, -0.2) is 13.9 Å². The highest BCUT2D eigenvalue weighted by molar-refractivity contribution is 7.61. The Morgan fingerprint density at radius 3 is 2.14 bits per heavy atom. The van der Waals surface area contributed by atoms with Crippen LogP contribution in [0.25, 0.3) is 0 Å². The average molecular weight is 1050 g/mol. The van der Waals surface area contributed by atoms with Crippen molar-refractivity contribution in [3.63, 3.8) is 0 Å². The Kier molecular flexibility index (Phi) is 29.4. The van der Waals surface area contributed by atoms with E-state index >= 15 is 0 Å². The molecule has 0 aliphatic carbocycles. The molecule has 1 fully saturated rings. The van der Waals surface area contributed by atoms with Crippen molar-refractivity contribution < 1.29 is 81.6 Å². The number of hydrogen-bond acceptors (Lipinski definition) is 18. The Hall–Kier alpha value is -3.14. The molecule has 406 valence electrons. The molecule has 23 heteroatoms. The third-order valence-corrected chi connectivity index (χ3v) is 14.9. The second-order valence-electron chi connectivity index (χ2n) is 18.3. The molecule has 0 aromatic carbocycles. The molecule has 2 aliphatic heterocycles. The number of aliphatic hydroxyl groups excluding tert-OH is 5. The number of hydrogen-bond donors (Lipinski definition) is 8. The monoisotopic (exact) mass is 1050 g/mol. The van der Waals surface area contributed by atoms with E-state index in [1.165, 1.54) is 56.1 Å². The van der Waals surface area contributed by atoms with Crippen LogP contribution in [0.3, 0.4) is 0 Å². The smallest absolute Gasteiger partial charge is 0.462 e. The predicted octanol–water partition coefficient (Wildman–Crippen LogP) is 6.38. The summed E-state index contributed by atoms with van der Waals surface area (Å²) in [5.41, 5.74) is 4.73. The van der Waals surface area contributed by atoms with Crippen molar-refractivity contribution in [3.8, 4) is 0 Å². The first-order valence-corrected chi connectivity index (χ1v) is 28.2. The Balaban J connectivity index is 1.79. The maximum atomic E-state index is 13.3. The van der Waals surface area contributed by atoms with Gasteiger partial charge in [0.1, 0.15) is 30.9 Å². The number of phosphoric ester groups is 2. The second kappa shape index (κ2) is 33.6. The van der Waals surface area contributed by atoms with Crippen molar-refractivity contribution >= 4 is 33.4 Å². The number of fused-ring (bicyclic) bond motifs is 3. The summed E-state index contributed by atoms with van der Waals surface area (Å²) in [6.07, 6.45) is 13.1. The minimum atomic E-state index is -5.69. The molecule has 9 N–H and O–H groups in total. The van der Waals surface area contributed by atoms with Gasteiger partial charge in [0.15, 0.2) is 6.10 Å². The summed E-state index contributed by atoms with van der Waals surface area (Å²) in [5, 5.41) is 57.2. The number of nitrogens with zero attached hydrogens (tertiary/aromatic N) is 2. The van der Waals surface area contributed by atoms with Crippen LogP contribution in [-0.2, 0) is 46.3 Å². The van der Waals surface area contributed by atoms with Crippen LogP contribution < -0.4 is 11.4 Å². The Morgan fingerprint density at radius 2 is 1.48 bits per heavy atom. The quantitative estimate of drug-likeness (QED) is 0.0241. The minimum Gasteiger partial charge on any atom is -0.462 e. The molecule has 1 aromatic rings. The topological polar surface area (TPSA) is 326 Å². The SMILES string of the molecule is CCCCCC/C=C\CCCCCCCCCC(=O)OC[C@@H]1COP(=O)(O)OP(=O)(O)OC[C@H]2O[C@@H](n3ccc(N)nc3=O)[C@H](C/C=C\CC(=O)O1)[C@@H](O)C[C@@H](O)[C@H](C=C[C@H](O)CCCCC)[C@H](O)[C@@H]2O. The standard InChI is InChI=1S/C48H81N3O18P2/c1-3-5-7-8-9-10-11-12-13-14-15-16-17-18-20-25-43(55)64-32-36-33-65-70(60,61)69-71(62,63)66-34-41-46(58)45(57)37(28-27-35(52)23-19-6-4-2)39(53)31-40(54)38(24-21-22-26-44(56)67-36)47(68-41)51-30-29-42(49)50-48(51)59/h10-11,21-22,27-30,35-41,45-47,52-54,57-58H,3-9,12-20,23-26,31-34H2,1-2H3,(H,60,61)(H,62,63)(H2,49,50,59)/b11-10-,22-21-,28-27?/t35-,36-,37+,38-,39-,40+,41-,45+,46-,47-/m1/s1. The Bertz CT molecular complexity index is 1950. The maximum absolute atomic E-state index is 13.3. The van der Waals surface area contributed by atoms with E-state index in [9.17, 15) is 58.8 Å². The van der Waals surface area contributed by atoms with Gasteiger partial charge in [0.05, 0.1) is 44.1 Å². The Morgan fingerprint density at radius 1 is 0.859 bits per heavy atom. The molecule has 3 rings (SSSR count). The van der Waals surface area contributed by atoms with Crippen molar-refractivity contribution in [3.05, 3.63) is 59.2 Å². The van der Waals surface area contributed by atoms with E-state index in [1.807, 2.05) is 6.92 Å². The van der Waals surface area contributed by atoms with E-state index in [2.05, 4.69) is 28.4 Å². The number of carbonyl (C=O) groups is 2. The number of anilines is 1. The van der Waals surface area contributed by atoms with Crippen LogP contribution in [0.4, 0.5) is 5.82 Å². The number of aliphatic hydroxyl groups is 5. The van der Waals surface area contributed by atoms with Gasteiger partial charge in [0.25, 0.3) is 0 Å². The summed E-state index contributed by atoms with van der Waals surface area (Å²) in [6.45, 7) is 1.42. The normalized spacial score (nSPS) is 30.7. The lowest BCUT2D eigenvalue weighted by atomic mass is 9.82. The number of phosphoric acid groups is 2. The van der Waals surface area contributed by atoms with Crippen molar-refractivity contribution in [2.75, 3.05) is 25.6 Å². The molecule has 0 spiro atoms. The lowest BCUT2D eigenvalue weighted by Crippen LogP contribution is -2.52. The van der Waals surface area contributed by atoms with Gasteiger partial charge in [-0.05, 0) is 51.0 Å². The number of cyclic esters (lactones) is 1. The van der Waals surface area contributed by atoms with Crippen LogP contribution >= 0.6 is 15.6 Å². The average Bonchev–Trinajstić information content (AvgIpc) is 3.30. The molecule has 2 unspecified atom stereocenters. The van der Waals surface area contributed by atoms with Gasteiger partial charge in [-0.2, -0.15) is 9.29 Å². The summed E-state index contributed by atoms with van der Waals surface area (Å²) in [7, 11) is -11.3. The lowest BCUT2D eigenvalue weighted by molar-refractivity contribution is -0.194. The number of carbonyl (C=O) groups excluding carboxylic acids is 2. The zero-order valence-electron chi connectivity index (χ0n) is 41.4. The molecule has 21 nitrogen and oxygen atoms in total. The highest BCUT2D eigenvalue weighted by Crippen LogP contribution is 2.60. The third-order valence-electron chi connectivity index (χ3n) is 12.3. The number of ether oxygens (including phenoxy) is 3. The van der Waals surface area contributed by atoms with Gasteiger partial charge in [0, 0.05) is 30.9 Å². The molecule has 2 aliphatic rings. The van der Waals surface area contributed by atoms with Gasteiger partial charge in [-0.3, -0.25) is 23.2 Å². The van der Waals surface area contributed by atoms with Crippen LogP contribution in [0.2, 0.25) is 0 Å². The van der Waals surface area contributed by atoms with E-state index in [4.69, 9.17) is 29.0 Å². The molecule has 3 heterocycles. The maximum Gasteiger partial charge on any atom is 0.481 e. The van der Waals surface area contributed by atoms with Crippen molar-refractivity contribution in [2.45, 2.75) is 198 Å².